The summed E-state index contributed by atoms with van der Waals surface area (Å²) in [4.78, 5) is 31.1. The molecule has 3 aromatic rings. The van der Waals surface area contributed by atoms with E-state index in [0.717, 1.165) is 12.8 Å². The summed E-state index contributed by atoms with van der Waals surface area (Å²) in [7, 11) is 0. The highest BCUT2D eigenvalue weighted by molar-refractivity contribution is 6.20. The summed E-state index contributed by atoms with van der Waals surface area (Å²) in [5, 5.41) is 7.40. The molecule has 4 rings (SSSR count). The average Bonchev–Trinajstić information content (AvgIpc) is 3.26. The van der Waals surface area contributed by atoms with Crippen molar-refractivity contribution in [1.82, 2.24) is 14.8 Å². The summed E-state index contributed by atoms with van der Waals surface area (Å²) in [6.07, 6.45) is 4.09. The fourth-order valence-electron chi connectivity index (χ4n) is 4.31. The SMILES string of the molecule is Cc1ncc(OC(C)C)c(C(=O)c2ccc(F)c3c2cnn3C2CCCCO2)c1NC(=O)OC(C)(C)C. The van der Waals surface area contributed by atoms with E-state index in [-0.39, 0.29) is 34.2 Å². The van der Waals surface area contributed by atoms with Gasteiger partial charge in [0.15, 0.2) is 17.8 Å². The minimum absolute atomic E-state index is 0.0987. The third-order valence-corrected chi connectivity index (χ3v) is 5.83. The van der Waals surface area contributed by atoms with Gasteiger partial charge in [-0.3, -0.25) is 15.1 Å². The quantitative estimate of drug-likeness (QED) is 0.407. The Balaban J connectivity index is 1.84. The first-order chi connectivity index (χ1) is 17.5. The summed E-state index contributed by atoms with van der Waals surface area (Å²) < 4.78 is 33.7. The van der Waals surface area contributed by atoms with E-state index in [2.05, 4.69) is 15.4 Å². The van der Waals surface area contributed by atoms with E-state index in [1.807, 2.05) is 13.8 Å². The Labute approximate surface area is 215 Å². The molecule has 198 valence electrons. The first-order valence-corrected chi connectivity index (χ1v) is 12.4. The number of fused-ring (bicyclic) bond motifs is 1. The molecule has 0 bridgehead atoms. The predicted octanol–water partition coefficient (Wildman–Crippen LogP) is 5.94. The molecule has 3 heterocycles. The molecular weight excluding hydrogens is 479 g/mol. The van der Waals surface area contributed by atoms with Crippen LogP contribution in [0.15, 0.2) is 24.5 Å². The number of nitrogens with one attached hydrogen (secondary N) is 1. The molecule has 2 aromatic heterocycles. The molecule has 0 spiro atoms. The highest BCUT2D eigenvalue weighted by Gasteiger charge is 2.29. The van der Waals surface area contributed by atoms with Crippen LogP contribution in [0.4, 0.5) is 14.9 Å². The Morgan fingerprint density at radius 2 is 1.97 bits per heavy atom. The maximum atomic E-state index is 15.1. The lowest BCUT2D eigenvalue weighted by molar-refractivity contribution is -0.0369. The molecule has 0 radical (unpaired) electrons. The minimum atomic E-state index is -0.749. The number of anilines is 1. The normalized spacial score (nSPS) is 16.2. The molecule has 0 aliphatic carbocycles. The van der Waals surface area contributed by atoms with Crippen LogP contribution in [0.1, 0.15) is 81.7 Å². The number of carbonyl (C=O) groups excluding carboxylic acids is 2. The highest BCUT2D eigenvalue weighted by Crippen LogP contribution is 2.35. The van der Waals surface area contributed by atoms with Crippen LogP contribution in [-0.2, 0) is 9.47 Å². The van der Waals surface area contributed by atoms with Gasteiger partial charge in [-0.2, -0.15) is 5.10 Å². The molecule has 1 unspecified atom stereocenters. The van der Waals surface area contributed by atoms with Gasteiger partial charge in [0.25, 0.3) is 0 Å². The molecule has 1 amide bonds. The number of halogens is 1. The largest absolute Gasteiger partial charge is 0.489 e. The maximum Gasteiger partial charge on any atom is 0.412 e. The number of aromatic nitrogens is 3. The van der Waals surface area contributed by atoms with Crippen LogP contribution in [-0.4, -0.2) is 45.0 Å². The summed E-state index contributed by atoms with van der Waals surface area (Å²) in [5.41, 5.74) is 0.316. The Hall–Kier alpha value is -3.53. The number of pyridine rings is 1. The van der Waals surface area contributed by atoms with Crippen molar-refractivity contribution < 1.29 is 28.2 Å². The lowest BCUT2D eigenvalue weighted by Gasteiger charge is -2.23. The first kappa shape index (κ1) is 26.5. The second kappa shape index (κ2) is 10.5. The van der Waals surface area contributed by atoms with E-state index in [4.69, 9.17) is 14.2 Å². The minimum Gasteiger partial charge on any atom is -0.489 e. The Bertz CT molecular complexity index is 1320. The van der Waals surface area contributed by atoms with E-state index in [0.29, 0.717) is 24.1 Å². The monoisotopic (exact) mass is 512 g/mol. The van der Waals surface area contributed by atoms with Crippen molar-refractivity contribution in [2.75, 3.05) is 11.9 Å². The third-order valence-electron chi connectivity index (χ3n) is 5.83. The fourth-order valence-corrected chi connectivity index (χ4v) is 4.31. The summed E-state index contributed by atoms with van der Waals surface area (Å²) in [5.74, 6) is -0.784. The van der Waals surface area contributed by atoms with Crippen LogP contribution >= 0.6 is 0 Å². The Morgan fingerprint density at radius 1 is 1.22 bits per heavy atom. The van der Waals surface area contributed by atoms with Gasteiger partial charge in [0.2, 0.25) is 0 Å². The number of benzene rings is 1. The number of aryl methyl sites for hydroxylation is 1. The van der Waals surface area contributed by atoms with Crippen LogP contribution in [0.5, 0.6) is 5.75 Å². The fraction of sp³-hybridized carbons (Fsp3) is 0.481. The lowest BCUT2D eigenvalue weighted by Crippen LogP contribution is -2.28. The Morgan fingerprint density at radius 3 is 2.62 bits per heavy atom. The average molecular weight is 513 g/mol. The highest BCUT2D eigenvalue weighted by atomic mass is 19.1. The molecule has 1 N–H and O–H groups in total. The zero-order chi connectivity index (χ0) is 26.9. The molecule has 10 heteroatoms. The van der Waals surface area contributed by atoms with Crippen molar-refractivity contribution in [1.29, 1.82) is 0 Å². The van der Waals surface area contributed by atoms with Gasteiger partial charge in [0.1, 0.15) is 16.9 Å². The number of hydrogen-bond donors (Lipinski definition) is 1. The number of ketones is 1. The molecule has 1 fully saturated rings. The zero-order valence-corrected chi connectivity index (χ0v) is 22.1. The van der Waals surface area contributed by atoms with Crippen molar-refractivity contribution in [3.63, 3.8) is 0 Å². The van der Waals surface area contributed by atoms with Crippen molar-refractivity contribution in [3.05, 3.63) is 47.2 Å². The van der Waals surface area contributed by atoms with Gasteiger partial charge in [-0.05, 0) is 72.9 Å². The lowest BCUT2D eigenvalue weighted by atomic mass is 9.97. The number of nitrogens with zero attached hydrogens (tertiary/aromatic N) is 3. The van der Waals surface area contributed by atoms with Gasteiger partial charge < -0.3 is 14.2 Å². The molecule has 0 saturated carbocycles. The van der Waals surface area contributed by atoms with Crippen molar-refractivity contribution in [2.45, 2.75) is 78.7 Å². The van der Waals surface area contributed by atoms with Gasteiger partial charge in [-0.15, -0.1) is 0 Å². The molecule has 1 aliphatic rings. The van der Waals surface area contributed by atoms with Crippen molar-refractivity contribution in [3.8, 4) is 5.75 Å². The number of hydrogen-bond acceptors (Lipinski definition) is 7. The molecule has 1 aromatic carbocycles. The van der Waals surface area contributed by atoms with Gasteiger partial charge in [0.05, 0.1) is 35.4 Å². The van der Waals surface area contributed by atoms with Crippen LogP contribution in [0.25, 0.3) is 10.9 Å². The molecule has 1 saturated heterocycles. The number of rotatable bonds is 6. The maximum absolute atomic E-state index is 15.1. The molecule has 37 heavy (non-hydrogen) atoms. The molecule has 9 nitrogen and oxygen atoms in total. The van der Waals surface area contributed by atoms with E-state index in [1.165, 1.54) is 29.2 Å². The van der Waals surface area contributed by atoms with Crippen molar-refractivity contribution >= 4 is 28.5 Å². The first-order valence-electron chi connectivity index (χ1n) is 12.4. The van der Waals surface area contributed by atoms with Gasteiger partial charge >= 0.3 is 6.09 Å². The molecular formula is C27H33FN4O5. The standard InChI is InChI=1S/C27H33FN4O5/c1-15(2)36-20-14-29-16(3)23(31-26(34)37-27(4,5)6)22(20)25(33)17-10-11-19(28)24-18(17)13-30-32(24)21-9-7-8-12-35-21/h10-11,13-15,21H,7-9,12H2,1-6H3,(H,31,34). The topological polar surface area (TPSA) is 105 Å². The van der Waals surface area contributed by atoms with Gasteiger partial charge in [-0.25, -0.2) is 13.9 Å². The summed E-state index contributed by atoms with van der Waals surface area (Å²) in [6.45, 7) is 11.1. The third kappa shape index (κ3) is 5.74. The van der Waals surface area contributed by atoms with Crippen LogP contribution < -0.4 is 10.1 Å². The van der Waals surface area contributed by atoms with E-state index in [1.54, 1.807) is 27.7 Å². The molecule has 1 atom stereocenters. The molecule has 1 aliphatic heterocycles. The van der Waals surface area contributed by atoms with E-state index < -0.39 is 29.5 Å². The van der Waals surface area contributed by atoms with E-state index in [9.17, 15) is 9.59 Å². The van der Waals surface area contributed by atoms with Gasteiger partial charge in [0, 0.05) is 17.6 Å². The summed E-state index contributed by atoms with van der Waals surface area (Å²) in [6, 6.07) is 2.66. The van der Waals surface area contributed by atoms with Crippen LogP contribution in [0, 0.1) is 12.7 Å². The number of amides is 1. The Kier molecular flexibility index (Phi) is 7.49. The zero-order valence-electron chi connectivity index (χ0n) is 22.1. The van der Waals surface area contributed by atoms with Crippen LogP contribution in [0.3, 0.4) is 0 Å². The summed E-state index contributed by atoms with van der Waals surface area (Å²) >= 11 is 0. The number of carbonyl (C=O) groups is 2. The number of ether oxygens (including phenoxy) is 3. The predicted molar refractivity (Wildman–Crippen MR) is 137 cm³/mol. The van der Waals surface area contributed by atoms with Crippen molar-refractivity contribution in [2.24, 2.45) is 0 Å². The van der Waals surface area contributed by atoms with E-state index >= 15 is 4.39 Å². The van der Waals surface area contributed by atoms with Gasteiger partial charge in [-0.1, -0.05) is 0 Å². The second-order valence-corrected chi connectivity index (χ2v) is 10.3. The smallest absolute Gasteiger partial charge is 0.412 e. The second-order valence-electron chi connectivity index (χ2n) is 10.3. The van der Waals surface area contributed by atoms with Crippen LogP contribution in [0.2, 0.25) is 0 Å².